The Labute approximate surface area is 127 Å². The largest absolute Gasteiger partial charge is 0.480 e. The molecule has 2 rings (SSSR count). The summed E-state index contributed by atoms with van der Waals surface area (Å²) in [7, 11) is 0. The van der Waals surface area contributed by atoms with Crippen molar-refractivity contribution in [2.45, 2.75) is 13.5 Å². The van der Waals surface area contributed by atoms with Gasteiger partial charge in [0.05, 0.1) is 0 Å². The molecule has 21 heavy (non-hydrogen) atoms. The molecule has 0 heterocycles. The highest BCUT2D eigenvalue weighted by molar-refractivity contribution is 6.31. The molecule has 0 spiro atoms. The third-order valence-corrected chi connectivity index (χ3v) is 3.49. The van der Waals surface area contributed by atoms with Crippen molar-refractivity contribution in [3.8, 4) is 0 Å². The summed E-state index contributed by atoms with van der Waals surface area (Å²) >= 11 is 6.01. The predicted molar refractivity (Wildman–Crippen MR) is 81.3 cm³/mol. The van der Waals surface area contributed by atoms with Gasteiger partial charge in [0.15, 0.2) is 0 Å². The molecule has 0 aromatic heterocycles. The van der Waals surface area contributed by atoms with Gasteiger partial charge < -0.3 is 10.0 Å². The van der Waals surface area contributed by atoms with Crippen molar-refractivity contribution in [2.24, 2.45) is 0 Å². The molecule has 3 nitrogen and oxygen atoms in total. The molecule has 5 heteroatoms. The van der Waals surface area contributed by atoms with Gasteiger partial charge in [-0.2, -0.15) is 0 Å². The van der Waals surface area contributed by atoms with Crippen LogP contribution in [0.15, 0.2) is 42.5 Å². The lowest BCUT2D eigenvalue weighted by molar-refractivity contribution is -0.135. The van der Waals surface area contributed by atoms with E-state index in [0.29, 0.717) is 11.3 Å². The number of aliphatic carboxylic acids is 1. The lowest BCUT2D eigenvalue weighted by Gasteiger charge is -2.24. The van der Waals surface area contributed by atoms with Crippen molar-refractivity contribution in [1.82, 2.24) is 0 Å². The van der Waals surface area contributed by atoms with Gasteiger partial charge in [-0.05, 0) is 31.2 Å². The maximum atomic E-state index is 13.9. The smallest absolute Gasteiger partial charge is 0.323 e. The van der Waals surface area contributed by atoms with Gasteiger partial charge in [0.1, 0.15) is 12.4 Å². The van der Waals surface area contributed by atoms with Crippen LogP contribution in [0.5, 0.6) is 0 Å². The first-order valence-electron chi connectivity index (χ1n) is 6.43. The minimum Gasteiger partial charge on any atom is -0.480 e. The van der Waals surface area contributed by atoms with Crippen molar-refractivity contribution in [1.29, 1.82) is 0 Å². The number of nitrogens with zero attached hydrogens (tertiary/aromatic N) is 1. The van der Waals surface area contributed by atoms with Crippen molar-refractivity contribution in [3.63, 3.8) is 0 Å². The van der Waals surface area contributed by atoms with Crippen molar-refractivity contribution < 1.29 is 14.3 Å². The fraction of sp³-hybridized carbons (Fsp3) is 0.188. The van der Waals surface area contributed by atoms with Crippen molar-refractivity contribution in [2.75, 3.05) is 11.4 Å². The summed E-state index contributed by atoms with van der Waals surface area (Å²) in [5, 5.41) is 9.34. The Morgan fingerprint density at radius 1 is 1.24 bits per heavy atom. The van der Waals surface area contributed by atoms with Crippen LogP contribution < -0.4 is 4.90 Å². The summed E-state index contributed by atoms with van der Waals surface area (Å²) in [5.74, 6) is -1.42. The third-order valence-electron chi connectivity index (χ3n) is 3.14. The second kappa shape index (κ2) is 6.59. The molecule has 1 N–H and O–H groups in total. The van der Waals surface area contributed by atoms with Crippen LogP contribution in [-0.2, 0) is 11.3 Å². The Morgan fingerprint density at radius 2 is 1.90 bits per heavy atom. The molecule has 0 atom stereocenters. The molecular formula is C16H15ClFNO2. The number of carbonyl (C=O) groups is 1. The summed E-state index contributed by atoms with van der Waals surface area (Å²) in [4.78, 5) is 12.6. The number of aryl methyl sites for hydroxylation is 1. The average Bonchev–Trinajstić information content (AvgIpc) is 2.42. The molecule has 2 aromatic rings. The molecule has 2 aromatic carbocycles. The molecule has 0 aliphatic rings. The molecule has 0 saturated carbocycles. The molecule has 110 valence electrons. The zero-order valence-electron chi connectivity index (χ0n) is 11.5. The number of carboxylic acids is 1. The zero-order valence-corrected chi connectivity index (χ0v) is 12.3. The van der Waals surface area contributed by atoms with E-state index < -0.39 is 11.8 Å². The van der Waals surface area contributed by atoms with Crippen LogP contribution in [0.1, 0.15) is 11.1 Å². The molecule has 0 radical (unpaired) electrons. The Morgan fingerprint density at radius 3 is 2.48 bits per heavy atom. The summed E-state index contributed by atoms with van der Waals surface area (Å²) in [5.41, 5.74) is 2.07. The fourth-order valence-electron chi connectivity index (χ4n) is 2.03. The van der Waals surface area contributed by atoms with E-state index in [-0.39, 0.29) is 18.1 Å². The van der Waals surface area contributed by atoms with Gasteiger partial charge in [-0.15, -0.1) is 0 Å². The van der Waals surface area contributed by atoms with E-state index in [1.165, 1.54) is 12.1 Å². The standard InChI is InChI=1S/C16H15ClFNO2/c1-11-5-7-12(8-6-11)19(10-16(20)21)9-13-14(17)3-2-4-15(13)18/h2-8H,9-10H2,1H3,(H,20,21). The predicted octanol–water partition coefficient (Wildman–Crippen LogP) is 3.88. The van der Waals surface area contributed by atoms with Crippen molar-refractivity contribution >= 4 is 23.3 Å². The van der Waals surface area contributed by atoms with E-state index in [1.54, 1.807) is 11.0 Å². The van der Waals surface area contributed by atoms with Crippen LogP contribution in [0.3, 0.4) is 0 Å². The number of hydrogen-bond donors (Lipinski definition) is 1. The molecule has 0 aliphatic carbocycles. The van der Waals surface area contributed by atoms with Crippen LogP contribution in [0.2, 0.25) is 5.02 Å². The van der Waals surface area contributed by atoms with E-state index >= 15 is 0 Å². The second-order valence-electron chi connectivity index (χ2n) is 4.79. The Bertz CT molecular complexity index is 623. The number of hydrogen-bond acceptors (Lipinski definition) is 2. The maximum absolute atomic E-state index is 13.9. The van der Waals surface area contributed by atoms with Crippen LogP contribution in [0.4, 0.5) is 10.1 Å². The monoisotopic (exact) mass is 307 g/mol. The number of anilines is 1. The third kappa shape index (κ3) is 3.95. The number of rotatable bonds is 5. The summed E-state index contributed by atoms with van der Waals surface area (Å²) in [6.45, 7) is 1.81. The lowest BCUT2D eigenvalue weighted by Crippen LogP contribution is -2.29. The quantitative estimate of drug-likeness (QED) is 0.911. The highest BCUT2D eigenvalue weighted by atomic mass is 35.5. The van der Waals surface area contributed by atoms with Gasteiger partial charge in [-0.3, -0.25) is 4.79 Å². The van der Waals surface area contributed by atoms with E-state index in [2.05, 4.69) is 0 Å². The minimum absolute atomic E-state index is 0.0981. The molecule has 0 aliphatic heterocycles. The summed E-state index contributed by atoms with van der Waals surface area (Å²) < 4.78 is 13.9. The minimum atomic E-state index is -0.983. The van der Waals surface area contributed by atoms with Gasteiger partial charge >= 0.3 is 5.97 Å². The number of carboxylic acid groups (broad SMARTS) is 1. The van der Waals surface area contributed by atoms with E-state index in [1.807, 2.05) is 31.2 Å². The first-order valence-corrected chi connectivity index (χ1v) is 6.81. The van der Waals surface area contributed by atoms with Gasteiger partial charge in [-0.1, -0.05) is 35.4 Å². The topological polar surface area (TPSA) is 40.5 Å². The van der Waals surface area contributed by atoms with Gasteiger partial charge in [0.2, 0.25) is 0 Å². The SMILES string of the molecule is Cc1ccc(N(CC(=O)O)Cc2c(F)cccc2Cl)cc1. The Hall–Kier alpha value is -2.07. The normalized spacial score (nSPS) is 10.4. The van der Waals surface area contributed by atoms with Crippen LogP contribution in [0, 0.1) is 12.7 Å². The highest BCUT2D eigenvalue weighted by Crippen LogP contribution is 2.24. The summed E-state index contributed by atoms with van der Waals surface area (Å²) in [6, 6.07) is 11.8. The molecule has 0 unspecified atom stereocenters. The van der Waals surface area contributed by atoms with E-state index in [9.17, 15) is 9.18 Å². The van der Waals surface area contributed by atoms with Crippen LogP contribution in [0.25, 0.3) is 0 Å². The van der Waals surface area contributed by atoms with Crippen molar-refractivity contribution in [3.05, 3.63) is 64.4 Å². The molecule has 0 bridgehead atoms. The van der Waals surface area contributed by atoms with Gasteiger partial charge in [0, 0.05) is 22.8 Å². The highest BCUT2D eigenvalue weighted by Gasteiger charge is 2.15. The second-order valence-corrected chi connectivity index (χ2v) is 5.19. The Balaban J connectivity index is 2.32. The van der Waals surface area contributed by atoms with Crippen LogP contribution >= 0.6 is 11.6 Å². The summed E-state index contributed by atoms with van der Waals surface area (Å²) in [6.07, 6.45) is 0. The molecular weight excluding hydrogens is 293 g/mol. The molecule has 0 amide bonds. The first kappa shape index (κ1) is 15.3. The van der Waals surface area contributed by atoms with Gasteiger partial charge in [-0.25, -0.2) is 4.39 Å². The maximum Gasteiger partial charge on any atom is 0.323 e. The van der Waals surface area contributed by atoms with E-state index in [0.717, 1.165) is 5.56 Å². The lowest BCUT2D eigenvalue weighted by atomic mass is 10.1. The first-order chi connectivity index (χ1) is 9.97. The molecule has 0 saturated heterocycles. The average molecular weight is 308 g/mol. The number of benzene rings is 2. The van der Waals surface area contributed by atoms with Gasteiger partial charge in [0.25, 0.3) is 0 Å². The van der Waals surface area contributed by atoms with Crippen LogP contribution in [-0.4, -0.2) is 17.6 Å². The zero-order chi connectivity index (χ0) is 15.4. The number of halogens is 2. The fourth-order valence-corrected chi connectivity index (χ4v) is 2.25. The molecule has 0 fully saturated rings. The van der Waals surface area contributed by atoms with E-state index in [4.69, 9.17) is 16.7 Å². The Kier molecular flexibility index (Phi) is 4.81.